The Hall–Kier alpha value is -2.38. The van der Waals surface area contributed by atoms with Crippen molar-refractivity contribution in [3.8, 4) is 0 Å². The van der Waals surface area contributed by atoms with Gasteiger partial charge in [0.05, 0.1) is 11.6 Å². The van der Waals surface area contributed by atoms with E-state index in [0.29, 0.717) is 5.56 Å². The van der Waals surface area contributed by atoms with E-state index < -0.39 is 17.8 Å². The van der Waals surface area contributed by atoms with E-state index in [2.05, 4.69) is 10.1 Å². The zero-order valence-corrected chi connectivity index (χ0v) is 13.1. The highest BCUT2D eigenvalue weighted by Gasteiger charge is 2.37. The fraction of sp³-hybridized carbons (Fsp3) is 0.438. The summed E-state index contributed by atoms with van der Waals surface area (Å²) in [5.41, 5.74) is -0.227. The summed E-state index contributed by atoms with van der Waals surface area (Å²) in [5, 5.41) is 3.91. The monoisotopic (exact) mass is 338 g/mol. The van der Waals surface area contributed by atoms with Gasteiger partial charge in [-0.25, -0.2) is 9.67 Å². The Morgan fingerprint density at radius 1 is 1.42 bits per heavy atom. The normalized spacial score (nSPS) is 16.0. The molecule has 1 aromatic carbocycles. The molecule has 8 heteroatoms. The molecule has 0 bridgehead atoms. The van der Waals surface area contributed by atoms with Crippen molar-refractivity contribution in [2.75, 3.05) is 0 Å². The molecule has 1 aliphatic rings. The molecule has 0 N–H and O–H groups in total. The van der Waals surface area contributed by atoms with Gasteiger partial charge in [0, 0.05) is 6.04 Å². The van der Waals surface area contributed by atoms with Crippen molar-refractivity contribution >= 4 is 5.91 Å². The number of amides is 1. The van der Waals surface area contributed by atoms with Crippen LogP contribution in [0, 0.1) is 0 Å². The number of benzene rings is 1. The Bertz CT molecular complexity index is 710. The number of aromatic nitrogens is 3. The third-order valence-corrected chi connectivity index (χ3v) is 4.11. The molecule has 0 aliphatic heterocycles. The van der Waals surface area contributed by atoms with Gasteiger partial charge in [0.1, 0.15) is 19.2 Å². The number of carbonyl (C=O) groups is 1. The fourth-order valence-corrected chi connectivity index (χ4v) is 2.76. The first-order valence-corrected chi connectivity index (χ1v) is 7.67. The Morgan fingerprint density at radius 3 is 2.75 bits per heavy atom. The van der Waals surface area contributed by atoms with Crippen molar-refractivity contribution in [3.05, 3.63) is 48.0 Å². The minimum Gasteiger partial charge on any atom is -0.331 e. The molecule has 0 radical (unpaired) electrons. The molecule has 3 rings (SSSR count). The van der Waals surface area contributed by atoms with Crippen LogP contribution < -0.4 is 0 Å². The van der Waals surface area contributed by atoms with Crippen molar-refractivity contribution in [2.24, 2.45) is 0 Å². The summed E-state index contributed by atoms with van der Waals surface area (Å²) in [4.78, 5) is 18.1. The number of hydrogen-bond acceptors (Lipinski definition) is 3. The van der Waals surface area contributed by atoms with Gasteiger partial charge in [0.25, 0.3) is 0 Å². The molecule has 1 heterocycles. The standard InChI is InChI=1S/C16H17F3N4O/c1-11(12-3-2-4-13(7-12)16(17,18)19)23(14-5-6-14)15(24)8-22-10-20-9-21-22/h2-4,7,9-11,14H,5-6,8H2,1H3. The maximum atomic E-state index is 12.9. The lowest BCUT2D eigenvalue weighted by Gasteiger charge is -2.30. The zero-order valence-electron chi connectivity index (χ0n) is 13.1. The van der Waals surface area contributed by atoms with Gasteiger partial charge >= 0.3 is 6.18 Å². The van der Waals surface area contributed by atoms with Gasteiger partial charge in [-0.2, -0.15) is 18.3 Å². The summed E-state index contributed by atoms with van der Waals surface area (Å²) in [6.07, 6.45) is 0.118. The summed E-state index contributed by atoms with van der Waals surface area (Å²) >= 11 is 0. The first-order chi connectivity index (χ1) is 11.4. The summed E-state index contributed by atoms with van der Waals surface area (Å²) in [5.74, 6) is -0.173. The number of rotatable bonds is 5. The molecule has 5 nitrogen and oxygen atoms in total. The summed E-state index contributed by atoms with van der Waals surface area (Å²) < 4.78 is 40.2. The number of nitrogens with zero attached hydrogens (tertiary/aromatic N) is 4. The Morgan fingerprint density at radius 2 is 2.17 bits per heavy atom. The molecule has 1 amide bonds. The van der Waals surface area contributed by atoms with Gasteiger partial charge in [-0.3, -0.25) is 4.79 Å². The van der Waals surface area contributed by atoms with Crippen molar-refractivity contribution in [2.45, 2.75) is 44.6 Å². The van der Waals surface area contributed by atoms with E-state index in [1.807, 2.05) is 0 Å². The molecule has 0 spiro atoms. The molecule has 1 unspecified atom stereocenters. The van der Waals surface area contributed by atoms with Gasteiger partial charge < -0.3 is 4.90 Å². The molecule has 1 fully saturated rings. The third kappa shape index (κ3) is 3.58. The molecular formula is C16H17F3N4O. The van der Waals surface area contributed by atoms with Gasteiger partial charge in [0.2, 0.25) is 5.91 Å². The predicted molar refractivity (Wildman–Crippen MR) is 79.7 cm³/mol. The first kappa shape index (κ1) is 16.5. The van der Waals surface area contributed by atoms with Crippen molar-refractivity contribution in [3.63, 3.8) is 0 Å². The van der Waals surface area contributed by atoms with Gasteiger partial charge in [-0.1, -0.05) is 12.1 Å². The molecule has 128 valence electrons. The lowest BCUT2D eigenvalue weighted by Crippen LogP contribution is -2.38. The molecule has 1 saturated carbocycles. The second-order valence-corrected chi connectivity index (χ2v) is 5.92. The fourth-order valence-electron chi connectivity index (χ4n) is 2.76. The largest absolute Gasteiger partial charge is 0.416 e. The third-order valence-electron chi connectivity index (χ3n) is 4.11. The highest BCUT2D eigenvalue weighted by molar-refractivity contribution is 5.77. The highest BCUT2D eigenvalue weighted by Crippen LogP contribution is 2.36. The molecule has 1 aliphatic carbocycles. The molecule has 1 aromatic heterocycles. The smallest absolute Gasteiger partial charge is 0.331 e. The average molecular weight is 338 g/mol. The minimum atomic E-state index is -4.40. The van der Waals surface area contributed by atoms with Crippen LogP contribution in [0.5, 0.6) is 0 Å². The van der Waals surface area contributed by atoms with E-state index in [9.17, 15) is 18.0 Å². The van der Waals surface area contributed by atoms with Crippen molar-refractivity contribution in [1.29, 1.82) is 0 Å². The van der Waals surface area contributed by atoms with Crippen LogP contribution in [-0.4, -0.2) is 31.6 Å². The summed E-state index contributed by atoms with van der Waals surface area (Å²) in [6.45, 7) is 1.78. The van der Waals surface area contributed by atoms with E-state index in [1.165, 1.54) is 23.4 Å². The van der Waals surface area contributed by atoms with E-state index in [1.54, 1.807) is 17.9 Å². The van der Waals surface area contributed by atoms with Crippen molar-refractivity contribution < 1.29 is 18.0 Å². The van der Waals surface area contributed by atoms with Crippen LogP contribution in [0.15, 0.2) is 36.9 Å². The van der Waals surface area contributed by atoms with E-state index in [4.69, 9.17) is 0 Å². The van der Waals surface area contributed by atoms with E-state index >= 15 is 0 Å². The van der Waals surface area contributed by atoms with Gasteiger partial charge in [-0.05, 0) is 37.5 Å². The topological polar surface area (TPSA) is 51.0 Å². The van der Waals surface area contributed by atoms with E-state index in [0.717, 1.165) is 25.0 Å². The maximum Gasteiger partial charge on any atom is 0.416 e. The van der Waals surface area contributed by atoms with Gasteiger partial charge in [0.15, 0.2) is 0 Å². The Labute approximate surface area is 137 Å². The van der Waals surface area contributed by atoms with E-state index in [-0.39, 0.29) is 18.5 Å². The lowest BCUT2D eigenvalue weighted by molar-refractivity contribution is -0.137. The second-order valence-electron chi connectivity index (χ2n) is 5.92. The number of halogens is 3. The maximum absolute atomic E-state index is 12.9. The van der Waals surface area contributed by atoms with Crippen molar-refractivity contribution in [1.82, 2.24) is 19.7 Å². The number of hydrogen-bond donors (Lipinski definition) is 0. The number of carbonyl (C=O) groups excluding carboxylic acids is 1. The molecule has 2 aromatic rings. The zero-order chi connectivity index (χ0) is 17.3. The molecule has 1 atom stereocenters. The Balaban J connectivity index is 1.82. The summed E-state index contributed by atoms with van der Waals surface area (Å²) in [7, 11) is 0. The van der Waals surface area contributed by atoms with Gasteiger partial charge in [-0.15, -0.1) is 0 Å². The summed E-state index contributed by atoms with van der Waals surface area (Å²) in [6, 6.07) is 4.79. The average Bonchev–Trinajstić information content (AvgIpc) is 3.22. The second kappa shape index (κ2) is 6.26. The molecule has 0 saturated heterocycles. The SMILES string of the molecule is CC(c1cccc(C(F)(F)F)c1)N(C(=O)Cn1cncn1)C1CC1. The van der Waals surface area contributed by atoms with Crippen LogP contribution in [0.3, 0.4) is 0 Å². The minimum absolute atomic E-state index is 0.0276. The van der Waals surface area contributed by atoms with Crippen LogP contribution in [0.1, 0.15) is 36.9 Å². The van der Waals surface area contributed by atoms with Crippen LogP contribution in [0.2, 0.25) is 0 Å². The first-order valence-electron chi connectivity index (χ1n) is 7.67. The van der Waals surface area contributed by atoms with Crippen LogP contribution >= 0.6 is 0 Å². The predicted octanol–water partition coefficient (Wildman–Crippen LogP) is 3.05. The molecular weight excluding hydrogens is 321 g/mol. The number of alkyl halides is 3. The molecule has 24 heavy (non-hydrogen) atoms. The van der Waals surface area contributed by atoms with Crippen LogP contribution in [-0.2, 0) is 17.5 Å². The highest BCUT2D eigenvalue weighted by atomic mass is 19.4. The van der Waals surface area contributed by atoms with Crippen LogP contribution in [0.4, 0.5) is 13.2 Å². The lowest BCUT2D eigenvalue weighted by atomic mass is 10.0. The van der Waals surface area contributed by atoms with Crippen LogP contribution in [0.25, 0.3) is 0 Å². The quantitative estimate of drug-likeness (QED) is 0.842. The Kier molecular flexibility index (Phi) is 4.29.